The zero-order valence-electron chi connectivity index (χ0n) is 9.61. The molecule has 8 heteroatoms. The van der Waals surface area contributed by atoms with Crippen molar-refractivity contribution in [3.8, 4) is 0 Å². The topological polar surface area (TPSA) is 122 Å². The van der Waals surface area contributed by atoms with Crippen molar-refractivity contribution in [1.29, 1.82) is 0 Å². The third-order valence-corrected chi connectivity index (χ3v) is 3.29. The number of nitro benzene ring substituents is 1. The summed E-state index contributed by atoms with van der Waals surface area (Å²) >= 11 is 1.19. The predicted octanol–water partition coefficient (Wildman–Crippen LogP) is 1.16. The van der Waals surface area contributed by atoms with Crippen molar-refractivity contribution < 1.29 is 15.2 Å². The third-order valence-electron chi connectivity index (χ3n) is 2.14. The molecule has 0 heterocycles. The SMILES string of the molecule is CC(CO)Sc1ccc(/C(N)=N/O)cc1[N+](=O)[O-]. The van der Waals surface area contributed by atoms with Crippen LogP contribution in [-0.4, -0.2) is 32.9 Å². The summed E-state index contributed by atoms with van der Waals surface area (Å²) in [7, 11) is 0. The second-order valence-electron chi connectivity index (χ2n) is 3.54. The zero-order valence-corrected chi connectivity index (χ0v) is 10.4. The van der Waals surface area contributed by atoms with Gasteiger partial charge in [0, 0.05) is 16.9 Å². The molecule has 1 unspecified atom stereocenters. The summed E-state index contributed by atoms with van der Waals surface area (Å²) < 4.78 is 0. The molecule has 18 heavy (non-hydrogen) atoms. The Balaban J connectivity index is 3.16. The van der Waals surface area contributed by atoms with Crippen molar-refractivity contribution in [2.45, 2.75) is 17.1 Å². The highest BCUT2D eigenvalue weighted by Gasteiger charge is 2.18. The molecule has 1 aromatic rings. The predicted molar refractivity (Wildman–Crippen MR) is 68.0 cm³/mol. The van der Waals surface area contributed by atoms with Crippen LogP contribution in [0.4, 0.5) is 5.69 Å². The summed E-state index contributed by atoms with van der Waals surface area (Å²) in [6, 6.07) is 4.28. The third kappa shape index (κ3) is 3.34. The van der Waals surface area contributed by atoms with Gasteiger partial charge < -0.3 is 16.0 Å². The first-order valence-electron chi connectivity index (χ1n) is 5.03. The van der Waals surface area contributed by atoms with E-state index < -0.39 is 4.92 Å². The maximum absolute atomic E-state index is 10.9. The largest absolute Gasteiger partial charge is 0.409 e. The number of nitrogens with zero attached hydrogens (tertiary/aromatic N) is 2. The van der Waals surface area contributed by atoms with Gasteiger partial charge in [0.25, 0.3) is 5.69 Å². The summed E-state index contributed by atoms with van der Waals surface area (Å²) in [5, 5.41) is 31.0. The van der Waals surface area contributed by atoms with Crippen molar-refractivity contribution in [2.24, 2.45) is 10.9 Å². The molecule has 1 atom stereocenters. The fourth-order valence-corrected chi connectivity index (χ4v) is 2.14. The van der Waals surface area contributed by atoms with Crippen LogP contribution in [0.15, 0.2) is 28.3 Å². The number of amidine groups is 1. The van der Waals surface area contributed by atoms with E-state index in [0.717, 1.165) is 0 Å². The minimum atomic E-state index is -0.541. The Morgan fingerprint density at radius 1 is 1.67 bits per heavy atom. The maximum Gasteiger partial charge on any atom is 0.283 e. The number of oxime groups is 1. The fourth-order valence-electron chi connectivity index (χ4n) is 1.23. The van der Waals surface area contributed by atoms with E-state index in [9.17, 15) is 10.1 Å². The highest BCUT2D eigenvalue weighted by Crippen LogP contribution is 2.32. The number of nitro groups is 1. The summed E-state index contributed by atoms with van der Waals surface area (Å²) in [4.78, 5) is 10.8. The normalized spacial score (nSPS) is 13.3. The van der Waals surface area contributed by atoms with Gasteiger partial charge in [-0.1, -0.05) is 12.1 Å². The highest BCUT2D eigenvalue weighted by atomic mass is 32.2. The molecule has 0 radical (unpaired) electrons. The van der Waals surface area contributed by atoms with Crippen LogP contribution in [0.5, 0.6) is 0 Å². The van der Waals surface area contributed by atoms with E-state index >= 15 is 0 Å². The summed E-state index contributed by atoms with van der Waals surface area (Å²) in [6.07, 6.45) is 0. The number of benzene rings is 1. The molecule has 0 spiro atoms. The summed E-state index contributed by atoms with van der Waals surface area (Å²) in [5.74, 6) is -0.190. The highest BCUT2D eigenvalue weighted by molar-refractivity contribution is 8.00. The molecule has 0 aromatic heterocycles. The first-order valence-corrected chi connectivity index (χ1v) is 5.91. The van der Waals surface area contributed by atoms with Gasteiger partial charge in [0.05, 0.1) is 16.4 Å². The molecule has 1 rings (SSSR count). The molecule has 98 valence electrons. The van der Waals surface area contributed by atoms with Crippen LogP contribution < -0.4 is 5.73 Å². The van der Waals surface area contributed by atoms with Crippen molar-refractivity contribution in [3.05, 3.63) is 33.9 Å². The molecule has 1 aromatic carbocycles. The lowest BCUT2D eigenvalue weighted by Gasteiger charge is -2.08. The Hall–Kier alpha value is -1.80. The zero-order chi connectivity index (χ0) is 13.7. The van der Waals surface area contributed by atoms with Gasteiger partial charge in [-0.3, -0.25) is 10.1 Å². The second kappa shape index (κ2) is 6.22. The molecular weight excluding hydrogens is 258 g/mol. The van der Waals surface area contributed by atoms with Gasteiger partial charge in [0.1, 0.15) is 0 Å². The Morgan fingerprint density at radius 3 is 2.83 bits per heavy atom. The minimum Gasteiger partial charge on any atom is -0.409 e. The first-order chi connectivity index (χ1) is 8.49. The summed E-state index contributed by atoms with van der Waals surface area (Å²) in [6.45, 7) is 1.68. The fraction of sp³-hybridized carbons (Fsp3) is 0.300. The second-order valence-corrected chi connectivity index (χ2v) is 5.02. The Morgan fingerprint density at radius 2 is 2.33 bits per heavy atom. The average molecular weight is 271 g/mol. The van der Waals surface area contributed by atoms with Gasteiger partial charge in [-0.25, -0.2) is 0 Å². The lowest BCUT2D eigenvalue weighted by Crippen LogP contribution is -2.13. The molecule has 0 saturated heterocycles. The van der Waals surface area contributed by atoms with Crippen LogP contribution >= 0.6 is 11.8 Å². The van der Waals surface area contributed by atoms with E-state index in [4.69, 9.17) is 16.0 Å². The van der Waals surface area contributed by atoms with Crippen LogP contribution in [0.25, 0.3) is 0 Å². The van der Waals surface area contributed by atoms with Gasteiger partial charge in [-0.2, -0.15) is 0 Å². The Kier molecular flexibility index (Phi) is 4.93. The molecule has 0 aliphatic rings. The van der Waals surface area contributed by atoms with Crippen molar-refractivity contribution in [3.63, 3.8) is 0 Å². The van der Waals surface area contributed by atoms with Crippen LogP contribution in [0.2, 0.25) is 0 Å². The maximum atomic E-state index is 10.9. The van der Waals surface area contributed by atoms with E-state index in [-0.39, 0.29) is 28.9 Å². The van der Waals surface area contributed by atoms with Crippen LogP contribution in [0, 0.1) is 10.1 Å². The lowest BCUT2D eigenvalue weighted by molar-refractivity contribution is -0.387. The van der Waals surface area contributed by atoms with Crippen LogP contribution in [-0.2, 0) is 0 Å². The van der Waals surface area contributed by atoms with Crippen LogP contribution in [0.1, 0.15) is 12.5 Å². The average Bonchev–Trinajstić information content (AvgIpc) is 2.37. The van der Waals surface area contributed by atoms with Crippen molar-refractivity contribution in [1.82, 2.24) is 0 Å². The molecule has 0 bridgehead atoms. The minimum absolute atomic E-state index is 0.0796. The Labute approximate surface area is 107 Å². The van der Waals surface area contributed by atoms with Gasteiger partial charge in [0.2, 0.25) is 0 Å². The van der Waals surface area contributed by atoms with E-state index in [1.807, 2.05) is 0 Å². The lowest BCUT2D eigenvalue weighted by atomic mass is 10.2. The van der Waals surface area contributed by atoms with E-state index in [1.54, 1.807) is 6.92 Å². The van der Waals surface area contributed by atoms with E-state index in [1.165, 1.54) is 30.0 Å². The number of nitrogens with two attached hydrogens (primary N) is 1. The Bertz CT molecular complexity index is 478. The molecule has 0 aliphatic heterocycles. The quantitative estimate of drug-likeness (QED) is 0.184. The number of hydrogen-bond donors (Lipinski definition) is 3. The summed E-state index contributed by atoms with van der Waals surface area (Å²) in [5.41, 5.74) is 5.51. The molecule has 7 nitrogen and oxygen atoms in total. The number of aliphatic hydroxyl groups is 1. The smallest absolute Gasteiger partial charge is 0.283 e. The molecule has 0 saturated carbocycles. The van der Waals surface area contributed by atoms with E-state index in [2.05, 4.69) is 5.16 Å². The number of aliphatic hydroxyl groups excluding tert-OH is 1. The van der Waals surface area contributed by atoms with Gasteiger partial charge in [-0.15, -0.1) is 11.8 Å². The van der Waals surface area contributed by atoms with Crippen molar-refractivity contribution >= 4 is 23.3 Å². The van der Waals surface area contributed by atoms with Gasteiger partial charge in [-0.05, 0) is 12.1 Å². The van der Waals surface area contributed by atoms with Gasteiger partial charge >= 0.3 is 0 Å². The van der Waals surface area contributed by atoms with Crippen LogP contribution in [0.3, 0.4) is 0 Å². The molecule has 0 fully saturated rings. The molecule has 4 N–H and O–H groups in total. The first kappa shape index (κ1) is 14.3. The van der Waals surface area contributed by atoms with Gasteiger partial charge in [0.15, 0.2) is 5.84 Å². The standard InChI is InChI=1S/C10H13N3O4S/c1-6(5-14)18-9-3-2-7(10(11)12-15)4-8(9)13(16)17/h2-4,6,14-15H,5H2,1H3,(H2,11,12). The molecular formula is C10H13N3O4S. The number of thioether (sulfide) groups is 1. The van der Waals surface area contributed by atoms with Crippen molar-refractivity contribution in [2.75, 3.05) is 6.61 Å². The van der Waals surface area contributed by atoms with E-state index in [0.29, 0.717) is 4.90 Å². The molecule has 0 aliphatic carbocycles. The number of hydrogen-bond acceptors (Lipinski definition) is 6. The molecule has 0 amide bonds. The number of rotatable bonds is 5. The monoisotopic (exact) mass is 271 g/mol.